The van der Waals surface area contributed by atoms with E-state index >= 15 is 0 Å². The molecule has 4 aromatic rings. The molecule has 0 unspecified atom stereocenters. The number of nitrogens with one attached hydrogen (secondary N) is 2. The lowest BCUT2D eigenvalue weighted by molar-refractivity contribution is -0.128. The molecule has 8 rings (SSSR count). The van der Waals surface area contributed by atoms with Crippen LogP contribution in [0.2, 0.25) is 0 Å². The monoisotopic (exact) mass is 814 g/mol. The highest BCUT2D eigenvalue weighted by Crippen LogP contribution is 2.49. The average molecular weight is 815 g/mol. The van der Waals surface area contributed by atoms with Gasteiger partial charge >= 0.3 is 0 Å². The third kappa shape index (κ3) is 7.73. The van der Waals surface area contributed by atoms with E-state index < -0.39 is 12.1 Å². The fourth-order valence-electron chi connectivity index (χ4n) is 10.4. The Kier molecular flexibility index (Phi) is 12.9. The van der Waals surface area contributed by atoms with Gasteiger partial charge in [0.05, 0.1) is 36.3 Å². The molecule has 6 heterocycles. The lowest BCUT2D eigenvalue weighted by Gasteiger charge is -2.28. The first kappa shape index (κ1) is 42.7. The van der Waals surface area contributed by atoms with Crippen molar-refractivity contribution in [2.45, 2.75) is 77.0 Å². The smallest absolute Gasteiger partial charge is 0.258 e. The number of nitrogens with zero attached hydrogens (tertiary/aromatic N) is 4. The van der Waals surface area contributed by atoms with Gasteiger partial charge in [-0.1, -0.05) is 85.0 Å². The summed E-state index contributed by atoms with van der Waals surface area (Å²) in [6.45, 7) is 8.59. The van der Waals surface area contributed by atoms with Gasteiger partial charge < -0.3 is 30.0 Å². The van der Waals surface area contributed by atoms with E-state index in [2.05, 4.69) is 10.6 Å². The number of aromatic nitrogens is 2. The van der Waals surface area contributed by atoms with E-state index in [1.165, 1.54) is 0 Å². The van der Waals surface area contributed by atoms with Gasteiger partial charge in [0.15, 0.2) is 0 Å². The van der Waals surface area contributed by atoms with Gasteiger partial charge in [-0.3, -0.25) is 29.0 Å². The number of aliphatic hydroxyl groups is 2. The second kappa shape index (κ2) is 18.1. The number of hydrogen-bond donors (Lipinski definition) is 4. The molecular weight excluding hydrogens is 757 g/mol. The first-order valence-corrected chi connectivity index (χ1v) is 21.0. The summed E-state index contributed by atoms with van der Waals surface area (Å²) in [5.74, 6) is -0.573. The summed E-state index contributed by atoms with van der Waals surface area (Å²) in [5, 5.41) is 26.6. The number of aliphatic hydroxyl groups excluding tert-OH is 2. The minimum Gasteiger partial charge on any atom is -0.396 e. The number of likely N-dealkylation sites (N-methyl/N-ethyl adjacent to an activating group) is 2. The number of benzene rings is 2. The molecule has 4 aliphatic rings. The Balaban J connectivity index is 0.000000181. The predicted molar refractivity (Wildman–Crippen MR) is 234 cm³/mol. The van der Waals surface area contributed by atoms with Crippen LogP contribution >= 0.6 is 0 Å². The third-order valence-corrected chi connectivity index (χ3v) is 13.3. The Bertz CT molecular complexity index is 2190. The van der Waals surface area contributed by atoms with Crippen LogP contribution in [0, 0.1) is 23.7 Å². The van der Waals surface area contributed by atoms with Crippen molar-refractivity contribution in [2.24, 2.45) is 23.7 Å². The zero-order chi connectivity index (χ0) is 42.8. The van der Waals surface area contributed by atoms with Gasteiger partial charge in [-0.2, -0.15) is 0 Å². The highest BCUT2D eigenvalue weighted by molar-refractivity contribution is 5.84. The molecular formula is C48H58N6O6. The molecule has 12 nitrogen and oxygen atoms in total. The van der Waals surface area contributed by atoms with E-state index in [9.17, 15) is 29.4 Å². The van der Waals surface area contributed by atoms with Gasteiger partial charge in [0.1, 0.15) is 0 Å². The topological polar surface area (TPSA) is 149 Å². The van der Waals surface area contributed by atoms with Crippen LogP contribution < -0.4 is 21.8 Å². The molecule has 2 amide bonds. The first-order chi connectivity index (χ1) is 28.9. The van der Waals surface area contributed by atoms with E-state index in [0.717, 1.165) is 22.5 Å². The normalized spacial score (nSPS) is 26.5. The number of likely N-dealkylation sites (tertiary alicyclic amines) is 2. The SMILES string of the molecule is C/C=C/c1ccc2n(c1=O)C[C@H]1[C@H](CO)[C@@H](C(=O)N[C@H](C)c3ccccc3)N(C)[C@@H]21.C/C=C\c1ccc2n(c1=O)C[C@H]1[C@H](CO)[C@@H](C(=O)N[C@H](C)c3ccccc3)N(C)[C@@H]21. The van der Waals surface area contributed by atoms with E-state index in [1.807, 2.05) is 170 Å². The minimum atomic E-state index is -0.435. The number of rotatable bonds is 10. The van der Waals surface area contributed by atoms with E-state index in [4.69, 9.17) is 0 Å². The van der Waals surface area contributed by atoms with Gasteiger partial charge in [0.2, 0.25) is 11.8 Å². The fraction of sp³-hybridized carbons (Fsp3) is 0.417. The third-order valence-electron chi connectivity index (χ3n) is 13.3. The van der Waals surface area contributed by atoms with Crippen molar-refractivity contribution in [3.05, 3.63) is 151 Å². The van der Waals surface area contributed by atoms with Crippen LogP contribution in [0.15, 0.2) is 107 Å². The molecule has 2 aromatic heterocycles. The molecule has 0 spiro atoms. The van der Waals surface area contributed by atoms with Crippen LogP contribution in [0.3, 0.4) is 0 Å². The van der Waals surface area contributed by atoms with Gasteiger partial charge in [-0.25, -0.2) is 0 Å². The average Bonchev–Trinajstić information content (AvgIpc) is 3.98. The van der Waals surface area contributed by atoms with Gasteiger partial charge in [0, 0.05) is 72.5 Å². The van der Waals surface area contributed by atoms with Gasteiger partial charge in [-0.15, -0.1) is 0 Å². The maximum atomic E-state index is 13.2. The summed E-state index contributed by atoms with van der Waals surface area (Å²) in [6.07, 6.45) is 7.35. The van der Waals surface area contributed by atoms with Crippen LogP contribution in [0.1, 0.15) is 85.5 Å². The molecule has 4 N–H and O–H groups in total. The Labute approximate surface area is 351 Å². The Morgan fingerprint density at radius 1 is 0.633 bits per heavy atom. The zero-order valence-electron chi connectivity index (χ0n) is 35.3. The van der Waals surface area contributed by atoms with Crippen LogP contribution in [-0.2, 0) is 22.7 Å². The quantitative estimate of drug-likeness (QED) is 0.180. The molecule has 12 heteroatoms. The fourth-order valence-corrected chi connectivity index (χ4v) is 10.4. The van der Waals surface area contributed by atoms with Gasteiger partial charge in [0.25, 0.3) is 11.1 Å². The molecule has 0 aliphatic carbocycles. The summed E-state index contributed by atoms with van der Waals surface area (Å²) >= 11 is 0. The molecule has 4 aliphatic heterocycles. The number of carbonyl (C=O) groups excluding carboxylic acids is 2. The Hall–Kier alpha value is -5.40. The van der Waals surface area contributed by atoms with Crippen molar-refractivity contribution < 1.29 is 19.8 Å². The van der Waals surface area contributed by atoms with Crippen molar-refractivity contribution in [2.75, 3.05) is 27.3 Å². The van der Waals surface area contributed by atoms with Crippen LogP contribution in [0.25, 0.3) is 12.2 Å². The van der Waals surface area contributed by atoms with Crippen LogP contribution in [0.5, 0.6) is 0 Å². The summed E-state index contributed by atoms with van der Waals surface area (Å²) in [4.78, 5) is 56.2. The number of carbonyl (C=O) groups is 2. The van der Waals surface area contributed by atoms with Crippen molar-refractivity contribution in [1.29, 1.82) is 0 Å². The lowest BCUT2D eigenvalue weighted by Crippen LogP contribution is -2.47. The van der Waals surface area contributed by atoms with Crippen LogP contribution in [-0.4, -0.2) is 80.4 Å². The summed E-state index contributed by atoms with van der Waals surface area (Å²) in [5.41, 5.74) is 5.23. The van der Waals surface area contributed by atoms with Crippen molar-refractivity contribution in [1.82, 2.24) is 29.6 Å². The molecule has 2 fully saturated rings. The molecule has 60 heavy (non-hydrogen) atoms. The second-order valence-corrected chi connectivity index (χ2v) is 16.7. The molecule has 0 saturated carbocycles. The maximum absolute atomic E-state index is 13.2. The van der Waals surface area contributed by atoms with E-state index in [0.29, 0.717) is 24.2 Å². The maximum Gasteiger partial charge on any atom is 0.258 e. The largest absolute Gasteiger partial charge is 0.396 e. The lowest BCUT2D eigenvalue weighted by atomic mass is 9.88. The standard InChI is InChI=1S/2C24H29N3O3/c2*1-4-8-17-11-12-20-21-18(13-27(20)24(17)30)19(14-28)22(26(21)3)23(29)25-15(2)16-9-6-5-7-10-16/h2*4-12,15,18-19,21-22,28H,13-14H2,1-3H3,(H,25,29)/b8-4+;8-4-/t2*15-,18+,19+,21-,22+/m11/s1. The highest BCUT2D eigenvalue weighted by atomic mass is 16.3. The van der Waals surface area contributed by atoms with E-state index in [-0.39, 0.29) is 84.0 Å². The number of allylic oxidation sites excluding steroid dienone is 2. The predicted octanol–water partition coefficient (Wildman–Crippen LogP) is 4.70. The van der Waals surface area contributed by atoms with Crippen molar-refractivity contribution >= 4 is 24.0 Å². The first-order valence-electron chi connectivity index (χ1n) is 21.0. The van der Waals surface area contributed by atoms with E-state index in [1.54, 1.807) is 0 Å². The summed E-state index contributed by atoms with van der Waals surface area (Å²) in [6, 6.07) is 26.1. The number of hydrogen-bond acceptors (Lipinski definition) is 8. The van der Waals surface area contributed by atoms with Gasteiger partial charge in [-0.05, 0) is 77.2 Å². The molecule has 0 bridgehead atoms. The van der Waals surface area contributed by atoms with Crippen molar-refractivity contribution in [3.63, 3.8) is 0 Å². The molecule has 10 atom stereocenters. The zero-order valence-corrected chi connectivity index (χ0v) is 35.3. The highest BCUT2D eigenvalue weighted by Gasteiger charge is 2.55. The molecule has 2 saturated heterocycles. The van der Waals surface area contributed by atoms with Crippen LogP contribution in [0.4, 0.5) is 0 Å². The second-order valence-electron chi connectivity index (χ2n) is 16.7. The summed E-state index contributed by atoms with van der Waals surface area (Å²) < 4.78 is 3.62. The number of fused-ring (bicyclic) bond motifs is 6. The Morgan fingerprint density at radius 3 is 1.33 bits per heavy atom. The minimum absolute atomic E-state index is 0.0104. The number of amides is 2. The number of pyridine rings is 2. The molecule has 0 radical (unpaired) electrons. The van der Waals surface area contributed by atoms with Crippen molar-refractivity contribution in [3.8, 4) is 0 Å². The summed E-state index contributed by atoms with van der Waals surface area (Å²) in [7, 11) is 3.84. The Morgan fingerprint density at radius 2 is 1.00 bits per heavy atom. The molecule has 2 aromatic carbocycles. The molecule has 316 valence electrons.